The number of alkyl halides is 3. The summed E-state index contributed by atoms with van der Waals surface area (Å²) in [5.41, 5.74) is -1.81. The van der Waals surface area contributed by atoms with Crippen molar-refractivity contribution in [2.24, 2.45) is 5.41 Å². The summed E-state index contributed by atoms with van der Waals surface area (Å²) in [4.78, 5) is 11.8. The van der Waals surface area contributed by atoms with Crippen LogP contribution < -0.4 is 0 Å². The highest BCUT2D eigenvalue weighted by atomic mass is 19.4. The third-order valence-corrected chi connectivity index (χ3v) is 3.65. The Labute approximate surface area is 123 Å². The molecule has 1 aromatic carbocycles. The summed E-state index contributed by atoms with van der Waals surface area (Å²) < 4.78 is 40.7. The summed E-state index contributed by atoms with van der Waals surface area (Å²) in [7, 11) is 0. The summed E-state index contributed by atoms with van der Waals surface area (Å²) in [5.74, 6) is -0.833. The Morgan fingerprint density at radius 3 is 2.24 bits per heavy atom. The SMILES string of the molecule is CCC/C=C\CC(Cc1ccccc1)(C(C)=O)C(F)(F)F. The smallest absolute Gasteiger partial charge is 0.299 e. The summed E-state index contributed by atoms with van der Waals surface area (Å²) >= 11 is 0. The van der Waals surface area contributed by atoms with E-state index in [1.54, 1.807) is 36.4 Å². The Bertz CT molecular complexity index is 477. The number of unbranched alkanes of at least 4 members (excludes halogenated alkanes) is 1. The van der Waals surface area contributed by atoms with Crippen LogP contribution in [0.5, 0.6) is 0 Å². The third-order valence-electron chi connectivity index (χ3n) is 3.65. The molecule has 0 saturated heterocycles. The van der Waals surface area contributed by atoms with Gasteiger partial charge >= 0.3 is 6.18 Å². The van der Waals surface area contributed by atoms with Crippen molar-refractivity contribution in [3.63, 3.8) is 0 Å². The number of halogens is 3. The van der Waals surface area contributed by atoms with E-state index in [-0.39, 0.29) is 12.8 Å². The van der Waals surface area contributed by atoms with Gasteiger partial charge in [-0.2, -0.15) is 13.2 Å². The zero-order chi connectivity index (χ0) is 15.9. The fourth-order valence-electron chi connectivity index (χ4n) is 2.27. The fourth-order valence-corrected chi connectivity index (χ4v) is 2.27. The monoisotopic (exact) mass is 298 g/mol. The van der Waals surface area contributed by atoms with Gasteiger partial charge in [-0.25, -0.2) is 0 Å². The second-order valence-electron chi connectivity index (χ2n) is 5.26. The molecule has 0 spiro atoms. The minimum atomic E-state index is -4.56. The highest BCUT2D eigenvalue weighted by Gasteiger charge is 2.57. The highest BCUT2D eigenvalue weighted by molar-refractivity contribution is 5.83. The number of carbonyl (C=O) groups is 1. The van der Waals surface area contributed by atoms with Gasteiger partial charge in [0.15, 0.2) is 0 Å². The molecule has 0 aliphatic rings. The molecule has 21 heavy (non-hydrogen) atoms. The van der Waals surface area contributed by atoms with Crippen LogP contribution in [0.15, 0.2) is 42.5 Å². The Morgan fingerprint density at radius 1 is 1.14 bits per heavy atom. The van der Waals surface area contributed by atoms with Crippen molar-refractivity contribution >= 4 is 5.78 Å². The van der Waals surface area contributed by atoms with Crippen molar-refractivity contribution in [1.82, 2.24) is 0 Å². The summed E-state index contributed by atoms with van der Waals surface area (Å²) in [6.07, 6.45) is -0.393. The van der Waals surface area contributed by atoms with Crippen LogP contribution in [0.1, 0.15) is 38.7 Å². The largest absolute Gasteiger partial charge is 0.401 e. The molecule has 0 fully saturated rings. The number of hydrogen-bond acceptors (Lipinski definition) is 1. The van der Waals surface area contributed by atoms with Gasteiger partial charge < -0.3 is 0 Å². The molecule has 1 aromatic rings. The van der Waals surface area contributed by atoms with Gasteiger partial charge in [-0.1, -0.05) is 55.8 Å². The van der Waals surface area contributed by atoms with Crippen molar-refractivity contribution in [3.05, 3.63) is 48.0 Å². The lowest BCUT2D eigenvalue weighted by Gasteiger charge is -2.32. The number of rotatable bonds is 7. The molecule has 0 amide bonds. The topological polar surface area (TPSA) is 17.1 Å². The minimum absolute atomic E-state index is 0.305. The number of Topliss-reactive ketones (excluding diaryl/α,β-unsaturated/α-hetero) is 1. The molecule has 0 saturated carbocycles. The van der Waals surface area contributed by atoms with Crippen LogP contribution in [0, 0.1) is 5.41 Å². The maximum Gasteiger partial charge on any atom is 0.401 e. The van der Waals surface area contributed by atoms with E-state index < -0.39 is 17.4 Å². The molecule has 0 bridgehead atoms. The van der Waals surface area contributed by atoms with E-state index in [1.807, 2.05) is 6.92 Å². The zero-order valence-corrected chi connectivity index (χ0v) is 12.4. The average Bonchev–Trinajstić information content (AvgIpc) is 2.41. The summed E-state index contributed by atoms with van der Waals surface area (Å²) in [6, 6.07) is 8.36. The van der Waals surface area contributed by atoms with E-state index in [2.05, 4.69) is 0 Å². The van der Waals surface area contributed by atoms with E-state index in [1.165, 1.54) is 6.08 Å². The van der Waals surface area contributed by atoms with Gasteiger partial charge in [-0.05, 0) is 31.7 Å². The Kier molecular flexibility index (Phi) is 6.19. The Morgan fingerprint density at radius 2 is 1.76 bits per heavy atom. The molecule has 4 heteroatoms. The standard InChI is InChI=1S/C17H21F3O/c1-3-4-5-9-12-16(14(2)21,17(18,19)20)13-15-10-7-6-8-11-15/h5-11H,3-4,12-13H2,1-2H3/b9-5-. The van der Waals surface area contributed by atoms with Gasteiger partial charge in [-0.3, -0.25) is 4.79 Å². The summed E-state index contributed by atoms with van der Waals surface area (Å²) in [6.45, 7) is 2.99. The maximum atomic E-state index is 13.6. The molecule has 116 valence electrons. The predicted molar refractivity (Wildman–Crippen MR) is 78.0 cm³/mol. The van der Waals surface area contributed by atoms with Gasteiger partial charge in [0.1, 0.15) is 11.2 Å². The molecule has 0 aliphatic carbocycles. The lowest BCUT2D eigenvalue weighted by Crippen LogP contribution is -2.45. The van der Waals surface area contributed by atoms with Crippen LogP contribution in [-0.4, -0.2) is 12.0 Å². The molecule has 1 rings (SSSR count). The number of carbonyl (C=O) groups excluding carboxylic acids is 1. The van der Waals surface area contributed by atoms with Gasteiger partial charge in [-0.15, -0.1) is 0 Å². The number of allylic oxidation sites excluding steroid dienone is 2. The van der Waals surface area contributed by atoms with Crippen LogP contribution in [-0.2, 0) is 11.2 Å². The second kappa shape index (κ2) is 7.43. The highest BCUT2D eigenvalue weighted by Crippen LogP contribution is 2.45. The lowest BCUT2D eigenvalue weighted by atomic mass is 9.74. The van der Waals surface area contributed by atoms with E-state index in [4.69, 9.17) is 0 Å². The van der Waals surface area contributed by atoms with Gasteiger partial charge in [0.2, 0.25) is 0 Å². The molecule has 1 nitrogen and oxygen atoms in total. The average molecular weight is 298 g/mol. The number of hydrogen-bond donors (Lipinski definition) is 0. The lowest BCUT2D eigenvalue weighted by molar-refractivity contribution is -0.218. The zero-order valence-electron chi connectivity index (χ0n) is 12.4. The quantitative estimate of drug-likeness (QED) is 0.639. The first-order valence-electron chi connectivity index (χ1n) is 7.10. The van der Waals surface area contributed by atoms with E-state index >= 15 is 0 Å². The molecule has 0 N–H and O–H groups in total. The first kappa shape index (κ1) is 17.5. The number of benzene rings is 1. The molecule has 0 heterocycles. The first-order valence-corrected chi connectivity index (χ1v) is 7.10. The molecule has 0 aliphatic heterocycles. The van der Waals surface area contributed by atoms with Crippen LogP contribution in [0.3, 0.4) is 0 Å². The second-order valence-corrected chi connectivity index (χ2v) is 5.26. The van der Waals surface area contributed by atoms with Crippen molar-refractivity contribution in [2.45, 2.75) is 45.7 Å². The Balaban J connectivity index is 3.10. The van der Waals surface area contributed by atoms with Gasteiger partial charge in [0.25, 0.3) is 0 Å². The van der Waals surface area contributed by atoms with Crippen molar-refractivity contribution in [2.75, 3.05) is 0 Å². The van der Waals surface area contributed by atoms with E-state index in [9.17, 15) is 18.0 Å². The van der Waals surface area contributed by atoms with Crippen LogP contribution >= 0.6 is 0 Å². The molecule has 1 atom stereocenters. The molecular formula is C17H21F3O. The Hall–Kier alpha value is -1.58. The fraction of sp³-hybridized carbons (Fsp3) is 0.471. The van der Waals surface area contributed by atoms with Gasteiger partial charge in [0, 0.05) is 0 Å². The van der Waals surface area contributed by atoms with E-state index in [0.717, 1.165) is 19.8 Å². The molecule has 0 aromatic heterocycles. The predicted octanol–water partition coefficient (Wildman–Crippen LogP) is 5.11. The normalized spacial score (nSPS) is 15.1. The number of ketones is 1. The van der Waals surface area contributed by atoms with Crippen molar-refractivity contribution in [1.29, 1.82) is 0 Å². The molecule has 1 unspecified atom stereocenters. The van der Waals surface area contributed by atoms with Crippen LogP contribution in [0.4, 0.5) is 13.2 Å². The van der Waals surface area contributed by atoms with Crippen molar-refractivity contribution < 1.29 is 18.0 Å². The van der Waals surface area contributed by atoms with Crippen LogP contribution in [0.25, 0.3) is 0 Å². The summed E-state index contributed by atoms with van der Waals surface area (Å²) in [5, 5.41) is 0. The minimum Gasteiger partial charge on any atom is -0.299 e. The molecule has 0 radical (unpaired) electrons. The van der Waals surface area contributed by atoms with Crippen LogP contribution in [0.2, 0.25) is 0 Å². The first-order chi connectivity index (χ1) is 9.83. The van der Waals surface area contributed by atoms with E-state index in [0.29, 0.717) is 5.56 Å². The molecular weight excluding hydrogens is 277 g/mol. The van der Waals surface area contributed by atoms with Gasteiger partial charge in [0.05, 0.1) is 0 Å². The third kappa shape index (κ3) is 4.45. The maximum absolute atomic E-state index is 13.6. The van der Waals surface area contributed by atoms with Crippen molar-refractivity contribution in [3.8, 4) is 0 Å².